The highest BCUT2D eigenvalue weighted by molar-refractivity contribution is 5.38. The second-order valence-corrected chi connectivity index (χ2v) is 3.92. The number of alkyl halides is 2. The first-order valence-electron chi connectivity index (χ1n) is 4.59. The van der Waals surface area contributed by atoms with E-state index in [4.69, 9.17) is 0 Å². The second-order valence-electron chi connectivity index (χ2n) is 3.92. The Labute approximate surface area is 87.5 Å². The van der Waals surface area contributed by atoms with Crippen molar-refractivity contribution in [2.24, 2.45) is 0 Å². The van der Waals surface area contributed by atoms with Gasteiger partial charge in [-0.05, 0) is 38.0 Å². The minimum Gasteiger partial charge on any atom is -0.435 e. The van der Waals surface area contributed by atoms with Crippen LogP contribution in [0.2, 0.25) is 0 Å². The van der Waals surface area contributed by atoms with Gasteiger partial charge in [-0.1, -0.05) is 12.1 Å². The van der Waals surface area contributed by atoms with E-state index in [0.29, 0.717) is 11.1 Å². The maximum absolute atomic E-state index is 12.0. The van der Waals surface area contributed by atoms with Gasteiger partial charge in [-0.25, -0.2) is 0 Å². The van der Waals surface area contributed by atoms with Crippen LogP contribution in [0.15, 0.2) is 18.2 Å². The largest absolute Gasteiger partial charge is 0.435 e. The molecule has 1 rings (SSSR count). The summed E-state index contributed by atoms with van der Waals surface area (Å²) in [5.41, 5.74) is 0.0977. The van der Waals surface area contributed by atoms with E-state index in [-0.39, 0.29) is 5.75 Å². The topological polar surface area (TPSA) is 29.5 Å². The molecule has 0 unspecified atom stereocenters. The predicted molar refractivity (Wildman–Crippen MR) is 53.1 cm³/mol. The van der Waals surface area contributed by atoms with Gasteiger partial charge in [0.2, 0.25) is 0 Å². The Morgan fingerprint density at radius 3 is 2.40 bits per heavy atom. The zero-order chi connectivity index (χ0) is 11.6. The van der Waals surface area contributed by atoms with Crippen LogP contribution in [0.25, 0.3) is 0 Å². The first-order valence-corrected chi connectivity index (χ1v) is 4.59. The van der Waals surface area contributed by atoms with Crippen LogP contribution < -0.4 is 4.74 Å². The van der Waals surface area contributed by atoms with Crippen LogP contribution in [0.4, 0.5) is 8.78 Å². The van der Waals surface area contributed by atoms with Crippen molar-refractivity contribution < 1.29 is 18.6 Å². The van der Waals surface area contributed by atoms with Crippen LogP contribution in [0.3, 0.4) is 0 Å². The lowest BCUT2D eigenvalue weighted by atomic mass is 9.97. The maximum atomic E-state index is 12.0. The Morgan fingerprint density at radius 1 is 1.33 bits per heavy atom. The van der Waals surface area contributed by atoms with Gasteiger partial charge in [0.25, 0.3) is 0 Å². The van der Waals surface area contributed by atoms with E-state index < -0.39 is 12.2 Å². The van der Waals surface area contributed by atoms with Crippen LogP contribution in [0.5, 0.6) is 5.75 Å². The first kappa shape index (κ1) is 11.9. The predicted octanol–water partition coefficient (Wildman–Crippen LogP) is 2.82. The molecule has 15 heavy (non-hydrogen) atoms. The molecule has 0 aliphatic rings. The van der Waals surface area contributed by atoms with Gasteiger partial charge >= 0.3 is 6.61 Å². The Morgan fingerprint density at radius 2 is 1.93 bits per heavy atom. The smallest absolute Gasteiger partial charge is 0.387 e. The molecular formula is C11H14F2O2. The molecule has 1 aromatic rings. The Bertz CT molecular complexity index is 343. The number of hydrogen-bond acceptors (Lipinski definition) is 2. The lowest BCUT2D eigenvalue weighted by Gasteiger charge is -2.19. The number of ether oxygens (including phenoxy) is 1. The number of rotatable bonds is 3. The lowest BCUT2D eigenvalue weighted by molar-refractivity contribution is -0.0506. The molecule has 84 valence electrons. The van der Waals surface area contributed by atoms with Crippen molar-refractivity contribution in [1.29, 1.82) is 0 Å². The minimum absolute atomic E-state index is 0.102. The molecule has 0 spiro atoms. The molecule has 4 heteroatoms. The fourth-order valence-corrected chi connectivity index (χ4v) is 1.20. The molecule has 0 heterocycles. The van der Waals surface area contributed by atoms with Gasteiger partial charge in [0, 0.05) is 0 Å². The molecule has 1 aromatic carbocycles. The number of hydrogen-bond donors (Lipinski definition) is 1. The molecule has 2 nitrogen and oxygen atoms in total. The summed E-state index contributed by atoms with van der Waals surface area (Å²) in [6, 6.07) is 4.76. The Hall–Kier alpha value is -1.16. The molecule has 0 saturated heterocycles. The maximum Gasteiger partial charge on any atom is 0.387 e. The standard InChI is InChI=1S/C11H14F2O2/c1-7-4-5-8(11(2,3)14)6-9(7)15-10(12)13/h4-6,10,14H,1-3H3. The first-order chi connectivity index (χ1) is 6.80. The van der Waals surface area contributed by atoms with Gasteiger partial charge in [-0.3, -0.25) is 0 Å². The monoisotopic (exact) mass is 216 g/mol. The van der Waals surface area contributed by atoms with E-state index in [9.17, 15) is 13.9 Å². The highest BCUT2D eigenvalue weighted by Gasteiger charge is 2.18. The third-order valence-corrected chi connectivity index (χ3v) is 2.11. The van der Waals surface area contributed by atoms with Gasteiger partial charge in [0.05, 0.1) is 5.60 Å². The van der Waals surface area contributed by atoms with Crippen LogP contribution in [-0.2, 0) is 5.60 Å². The average molecular weight is 216 g/mol. The molecule has 0 radical (unpaired) electrons. The molecule has 0 atom stereocenters. The zero-order valence-electron chi connectivity index (χ0n) is 8.92. The van der Waals surface area contributed by atoms with Crippen LogP contribution >= 0.6 is 0 Å². The van der Waals surface area contributed by atoms with Crippen LogP contribution in [0, 0.1) is 6.92 Å². The van der Waals surface area contributed by atoms with Crippen molar-refractivity contribution in [2.75, 3.05) is 0 Å². The third-order valence-electron chi connectivity index (χ3n) is 2.11. The van der Waals surface area contributed by atoms with Crippen molar-refractivity contribution >= 4 is 0 Å². The number of benzene rings is 1. The van der Waals surface area contributed by atoms with Crippen LogP contribution in [-0.4, -0.2) is 11.7 Å². The van der Waals surface area contributed by atoms with Crippen molar-refractivity contribution in [2.45, 2.75) is 33.0 Å². The molecule has 0 bridgehead atoms. The van der Waals surface area contributed by atoms with Crippen LogP contribution in [0.1, 0.15) is 25.0 Å². The summed E-state index contributed by atoms with van der Waals surface area (Å²) in [5.74, 6) is 0.102. The van der Waals surface area contributed by atoms with E-state index in [1.54, 1.807) is 32.9 Å². The average Bonchev–Trinajstić information content (AvgIpc) is 2.06. The molecule has 0 fully saturated rings. The second kappa shape index (κ2) is 4.14. The van der Waals surface area contributed by atoms with Crippen molar-refractivity contribution in [3.8, 4) is 5.75 Å². The SMILES string of the molecule is Cc1ccc(C(C)(C)O)cc1OC(F)F. The van der Waals surface area contributed by atoms with Crippen molar-refractivity contribution in [1.82, 2.24) is 0 Å². The number of halogens is 2. The fraction of sp³-hybridized carbons (Fsp3) is 0.455. The highest BCUT2D eigenvalue weighted by Crippen LogP contribution is 2.27. The fourth-order valence-electron chi connectivity index (χ4n) is 1.20. The lowest BCUT2D eigenvalue weighted by Crippen LogP contribution is -2.16. The highest BCUT2D eigenvalue weighted by atomic mass is 19.3. The molecule has 0 aromatic heterocycles. The molecule has 0 amide bonds. The summed E-state index contributed by atoms with van der Waals surface area (Å²) in [5, 5.41) is 9.70. The summed E-state index contributed by atoms with van der Waals surface area (Å²) in [7, 11) is 0. The Balaban J connectivity index is 3.06. The summed E-state index contributed by atoms with van der Waals surface area (Å²) in [4.78, 5) is 0. The minimum atomic E-state index is -2.85. The van der Waals surface area contributed by atoms with Gasteiger partial charge in [0.15, 0.2) is 0 Å². The summed E-state index contributed by atoms with van der Waals surface area (Å²) < 4.78 is 28.4. The van der Waals surface area contributed by atoms with Crippen molar-refractivity contribution in [3.05, 3.63) is 29.3 Å². The molecule has 0 saturated carbocycles. The van der Waals surface area contributed by atoms with Gasteiger partial charge in [-0.2, -0.15) is 8.78 Å². The van der Waals surface area contributed by atoms with E-state index in [1.807, 2.05) is 0 Å². The van der Waals surface area contributed by atoms with Gasteiger partial charge < -0.3 is 9.84 Å². The molecule has 1 N–H and O–H groups in total. The summed E-state index contributed by atoms with van der Waals surface area (Å²) in [6.45, 7) is 2.00. The van der Waals surface area contributed by atoms with E-state index in [1.165, 1.54) is 6.07 Å². The third kappa shape index (κ3) is 3.16. The van der Waals surface area contributed by atoms with E-state index >= 15 is 0 Å². The number of aliphatic hydroxyl groups is 1. The molecule has 0 aliphatic heterocycles. The van der Waals surface area contributed by atoms with E-state index in [2.05, 4.69) is 4.74 Å². The molecule has 0 aliphatic carbocycles. The van der Waals surface area contributed by atoms with Gasteiger partial charge in [0.1, 0.15) is 5.75 Å². The van der Waals surface area contributed by atoms with Crippen molar-refractivity contribution in [3.63, 3.8) is 0 Å². The van der Waals surface area contributed by atoms with E-state index in [0.717, 1.165) is 0 Å². The summed E-state index contributed by atoms with van der Waals surface area (Å²) in [6.07, 6.45) is 0. The normalized spacial score (nSPS) is 11.9. The zero-order valence-corrected chi connectivity index (χ0v) is 8.92. The molecular weight excluding hydrogens is 202 g/mol. The van der Waals surface area contributed by atoms with Gasteiger partial charge in [-0.15, -0.1) is 0 Å². The quantitative estimate of drug-likeness (QED) is 0.841. The Kier molecular flexibility index (Phi) is 3.29. The summed E-state index contributed by atoms with van der Waals surface area (Å²) >= 11 is 0. The number of aryl methyl sites for hydroxylation is 1.